The van der Waals surface area contributed by atoms with Crippen molar-refractivity contribution in [2.24, 2.45) is 5.41 Å². The molecule has 7 heteroatoms. The van der Waals surface area contributed by atoms with Crippen molar-refractivity contribution in [2.75, 3.05) is 32.8 Å². The van der Waals surface area contributed by atoms with Gasteiger partial charge in [-0.05, 0) is 39.2 Å². The molecule has 0 bridgehead atoms. The maximum atomic E-state index is 12.8. The summed E-state index contributed by atoms with van der Waals surface area (Å²) in [6.45, 7) is 7.14. The number of carbonyl (C=O) groups is 2. The van der Waals surface area contributed by atoms with Gasteiger partial charge >= 0.3 is 0 Å². The van der Waals surface area contributed by atoms with Crippen molar-refractivity contribution in [3.63, 3.8) is 0 Å². The first kappa shape index (κ1) is 18.9. The molecule has 1 atom stereocenters. The van der Waals surface area contributed by atoms with Crippen LogP contribution in [0.15, 0.2) is 6.07 Å². The molecule has 26 heavy (non-hydrogen) atoms. The number of nitrogens with zero attached hydrogens (tertiary/aromatic N) is 4. The predicted molar refractivity (Wildman–Crippen MR) is 97.5 cm³/mol. The lowest BCUT2D eigenvalue weighted by atomic mass is 9.73. The first-order valence-corrected chi connectivity index (χ1v) is 9.60. The predicted octanol–water partition coefficient (Wildman–Crippen LogP) is 1.11. The van der Waals surface area contributed by atoms with Gasteiger partial charge < -0.3 is 14.9 Å². The standard InChI is InChI=1S/C19H30N4O3/c1-15-12-16(2)23(20-15)9-5-18(26)21-8-3-6-19(13-21)7-4-17(25)22(14-19)10-11-24/h12,24H,3-11,13-14H2,1-2H3/t19-/m0/s1. The summed E-state index contributed by atoms with van der Waals surface area (Å²) >= 11 is 0. The van der Waals surface area contributed by atoms with Crippen molar-refractivity contribution < 1.29 is 14.7 Å². The van der Waals surface area contributed by atoms with Crippen molar-refractivity contribution in [1.29, 1.82) is 0 Å². The van der Waals surface area contributed by atoms with E-state index in [0.717, 1.165) is 43.7 Å². The largest absolute Gasteiger partial charge is 0.395 e. The van der Waals surface area contributed by atoms with E-state index in [1.165, 1.54) is 0 Å². The van der Waals surface area contributed by atoms with Gasteiger partial charge in [-0.2, -0.15) is 5.10 Å². The highest BCUT2D eigenvalue weighted by Gasteiger charge is 2.42. The average Bonchev–Trinajstić information content (AvgIpc) is 2.94. The third kappa shape index (κ3) is 4.09. The minimum atomic E-state index is -0.00684. The number of aliphatic hydroxyl groups excluding tert-OH is 1. The molecule has 0 unspecified atom stereocenters. The summed E-state index contributed by atoms with van der Waals surface area (Å²) in [5.74, 6) is 0.292. The van der Waals surface area contributed by atoms with E-state index >= 15 is 0 Å². The number of aliphatic hydroxyl groups is 1. The van der Waals surface area contributed by atoms with Crippen LogP contribution in [0.5, 0.6) is 0 Å². The number of rotatable bonds is 5. The third-order valence-electron chi connectivity index (χ3n) is 5.77. The number of piperidine rings is 2. The highest BCUT2D eigenvalue weighted by molar-refractivity contribution is 5.78. The highest BCUT2D eigenvalue weighted by Crippen LogP contribution is 2.38. The van der Waals surface area contributed by atoms with Crippen molar-refractivity contribution in [1.82, 2.24) is 19.6 Å². The van der Waals surface area contributed by atoms with Crippen molar-refractivity contribution in [2.45, 2.75) is 52.5 Å². The van der Waals surface area contributed by atoms with E-state index in [2.05, 4.69) is 5.10 Å². The van der Waals surface area contributed by atoms with Crippen LogP contribution in [0.3, 0.4) is 0 Å². The summed E-state index contributed by atoms with van der Waals surface area (Å²) in [4.78, 5) is 28.5. The number of aromatic nitrogens is 2. The van der Waals surface area contributed by atoms with E-state index in [0.29, 0.717) is 32.5 Å². The Kier molecular flexibility index (Phi) is 5.65. The lowest BCUT2D eigenvalue weighted by molar-refractivity contribution is -0.143. The fourth-order valence-corrected chi connectivity index (χ4v) is 4.44. The number of likely N-dealkylation sites (tertiary alicyclic amines) is 2. The van der Waals surface area contributed by atoms with Crippen molar-refractivity contribution in [3.05, 3.63) is 17.5 Å². The van der Waals surface area contributed by atoms with Gasteiger partial charge in [-0.3, -0.25) is 14.3 Å². The Morgan fingerprint density at radius 2 is 2.08 bits per heavy atom. The number of β-amino-alcohol motifs (C(OH)–C–C–N with tert-alkyl or cyclic N) is 1. The third-order valence-corrected chi connectivity index (χ3v) is 5.77. The van der Waals surface area contributed by atoms with Gasteiger partial charge in [-0.15, -0.1) is 0 Å². The summed E-state index contributed by atoms with van der Waals surface area (Å²) in [5, 5.41) is 13.6. The van der Waals surface area contributed by atoms with Gasteiger partial charge in [0, 0.05) is 56.7 Å². The van der Waals surface area contributed by atoms with Gasteiger partial charge in [0.25, 0.3) is 0 Å². The zero-order valence-corrected chi connectivity index (χ0v) is 15.9. The maximum absolute atomic E-state index is 12.8. The van der Waals surface area contributed by atoms with Gasteiger partial charge in [0.1, 0.15) is 0 Å². The van der Waals surface area contributed by atoms with E-state index in [9.17, 15) is 14.7 Å². The summed E-state index contributed by atoms with van der Waals surface area (Å²) in [6, 6.07) is 2.02. The van der Waals surface area contributed by atoms with E-state index < -0.39 is 0 Å². The van der Waals surface area contributed by atoms with E-state index in [1.54, 1.807) is 4.90 Å². The maximum Gasteiger partial charge on any atom is 0.224 e. The fraction of sp³-hybridized carbons (Fsp3) is 0.737. The first-order chi connectivity index (χ1) is 12.4. The van der Waals surface area contributed by atoms with Crippen LogP contribution >= 0.6 is 0 Å². The molecule has 1 aromatic rings. The molecule has 3 heterocycles. The van der Waals surface area contributed by atoms with Gasteiger partial charge in [-0.25, -0.2) is 0 Å². The summed E-state index contributed by atoms with van der Waals surface area (Å²) in [5.41, 5.74) is 2.05. The molecule has 0 aliphatic carbocycles. The second-order valence-corrected chi connectivity index (χ2v) is 7.86. The van der Waals surface area contributed by atoms with Crippen LogP contribution in [0.4, 0.5) is 0 Å². The molecule has 2 amide bonds. The molecule has 7 nitrogen and oxygen atoms in total. The summed E-state index contributed by atoms with van der Waals surface area (Å²) < 4.78 is 1.90. The quantitative estimate of drug-likeness (QED) is 0.851. The van der Waals surface area contributed by atoms with E-state index in [1.807, 2.05) is 29.5 Å². The number of hydrogen-bond donors (Lipinski definition) is 1. The molecule has 2 aliphatic rings. The molecule has 1 aromatic heterocycles. The van der Waals surface area contributed by atoms with Crippen LogP contribution in [-0.2, 0) is 16.1 Å². The SMILES string of the molecule is Cc1cc(C)n(CCC(=O)N2CCC[C@]3(CCC(=O)N(CCO)C3)C2)n1. The second kappa shape index (κ2) is 7.78. The van der Waals surface area contributed by atoms with Gasteiger partial charge in [0.2, 0.25) is 11.8 Å². The Hall–Kier alpha value is -1.89. The highest BCUT2D eigenvalue weighted by atomic mass is 16.3. The smallest absolute Gasteiger partial charge is 0.224 e. The molecule has 2 fully saturated rings. The van der Waals surface area contributed by atoms with Crippen molar-refractivity contribution >= 4 is 11.8 Å². The molecule has 144 valence electrons. The molecule has 3 rings (SSSR count). The van der Waals surface area contributed by atoms with Crippen LogP contribution in [0, 0.1) is 19.3 Å². The first-order valence-electron chi connectivity index (χ1n) is 9.60. The Morgan fingerprint density at radius 1 is 1.27 bits per heavy atom. The molecule has 0 radical (unpaired) electrons. The second-order valence-electron chi connectivity index (χ2n) is 7.86. The minimum Gasteiger partial charge on any atom is -0.395 e. The van der Waals surface area contributed by atoms with Crippen LogP contribution < -0.4 is 0 Å². The molecule has 0 aromatic carbocycles. The van der Waals surface area contributed by atoms with E-state index in [4.69, 9.17) is 0 Å². The fourth-order valence-electron chi connectivity index (χ4n) is 4.44. The Morgan fingerprint density at radius 3 is 2.77 bits per heavy atom. The summed E-state index contributed by atoms with van der Waals surface area (Å²) in [7, 11) is 0. The van der Waals surface area contributed by atoms with Crippen LogP contribution in [0.1, 0.15) is 43.5 Å². The number of amides is 2. The van der Waals surface area contributed by atoms with Crippen LogP contribution in [0.25, 0.3) is 0 Å². The molecule has 2 aliphatic heterocycles. The number of carbonyl (C=O) groups excluding carboxylic acids is 2. The van der Waals surface area contributed by atoms with Gasteiger partial charge in [0.15, 0.2) is 0 Å². The van der Waals surface area contributed by atoms with Crippen LogP contribution in [0.2, 0.25) is 0 Å². The zero-order chi connectivity index (χ0) is 18.7. The lowest BCUT2D eigenvalue weighted by Crippen LogP contribution is -2.55. The Balaban J connectivity index is 1.59. The molecular formula is C19H30N4O3. The molecular weight excluding hydrogens is 332 g/mol. The molecule has 1 N–H and O–H groups in total. The lowest BCUT2D eigenvalue weighted by Gasteiger charge is -2.48. The van der Waals surface area contributed by atoms with Gasteiger partial charge in [0.05, 0.1) is 12.3 Å². The Labute approximate surface area is 155 Å². The van der Waals surface area contributed by atoms with Gasteiger partial charge in [-0.1, -0.05) is 0 Å². The van der Waals surface area contributed by atoms with Crippen LogP contribution in [-0.4, -0.2) is 69.3 Å². The Bertz CT molecular complexity index is 672. The average molecular weight is 362 g/mol. The minimum absolute atomic E-state index is 0.00477. The van der Waals surface area contributed by atoms with E-state index in [-0.39, 0.29) is 23.8 Å². The summed E-state index contributed by atoms with van der Waals surface area (Å²) in [6.07, 6.45) is 3.84. The number of hydrogen-bond acceptors (Lipinski definition) is 4. The van der Waals surface area contributed by atoms with Crippen molar-refractivity contribution in [3.8, 4) is 0 Å². The topological polar surface area (TPSA) is 78.7 Å². The molecule has 0 saturated carbocycles. The number of aryl methyl sites for hydroxylation is 3. The normalized spacial score (nSPS) is 23.7. The molecule has 1 spiro atoms. The monoisotopic (exact) mass is 362 g/mol. The zero-order valence-electron chi connectivity index (χ0n) is 15.9. The molecule has 2 saturated heterocycles.